The minimum Gasteiger partial charge on any atom is -0.492 e. The lowest BCUT2D eigenvalue weighted by molar-refractivity contribution is -0.384. The zero-order valence-corrected chi connectivity index (χ0v) is 18.0. The van der Waals surface area contributed by atoms with Crippen LogP contribution in [-0.2, 0) is 4.79 Å². The molecule has 4 rings (SSSR count). The molecule has 0 spiro atoms. The monoisotopic (exact) mass is 470 g/mol. The highest BCUT2D eigenvalue weighted by Crippen LogP contribution is 2.34. The molecule has 0 aliphatic carbocycles. The van der Waals surface area contributed by atoms with Crippen molar-refractivity contribution in [1.29, 1.82) is 0 Å². The van der Waals surface area contributed by atoms with Crippen LogP contribution in [0.1, 0.15) is 5.76 Å². The second-order valence-electron chi connectivity index (χ2n) is 6.62. The Kier molecular flexibility index (Phi) is 6.29. The summed E-state index contributed by atoms with van der Waals surface area (Å²) in [4.78, 5) is 36.7. The number of halogens is 1. The van der Waals surface area contributed by atoms with E-state index in [4.69, 9.17) is 20.8 Å². The Labute approximate surface area is 191 Å². The number of imide groups is 1. The van der Waals surface area contributed by atoms with E-state index in [1.165, 1.54) is 18.2 Å². The number of ether oxygens (including phenoxy) is 1. The zero-order chi connectivity index (χ0) is 22.7. The Morgan fingerprint density at radius 1 is 1.12 bits per heavy atom. The molecule has 1 aromatic heterocycles. The van der Waals surface area contributed by atoms with E-state index in [1.54, 1.807) is 30.3 Å². The van der Waals surface area contributed by atoms with Crippen molar-refractivity contribution in [2.24, 2.45) is 0 Å². The average Bonchev–Trinajstić information content (AvgIpc) is 3.34. The van der Waals surface area contributed by atoms with Crippen molar-refractivity contribution in [3.8, 4) is 17.1 Å². The minimum absolute atomic E-state index is 0.0236. The number of nitro benzene ring substituents is 1. The fourth-order valence-electron chi connectivity index (χ4n) is 2.98. The number of carbonyl (C=O) groups is 2. The smallest absolute Gasteiger partial charge is 0.293 e. The number of hydrogen-bond acceptors (Lipinski definition) is 7. The lowest BCUT2D eigenvalue weighted by Crippen LogP contribution is -2.32. The maximum absolute atomic E-state index is 12.6. The van der Waals surface area contributed by atoms with Gasteiger partial charge in [-0.3, -0.25) is 24.6 Å². The van der Waals surface area contributed by atoms with Crippen LogP contribution in [0.5, 0.6) is 5.75 Å². The van der Waals surface area contributed by atoms with E-state index in [1.807, 2.05) is 18.2 Å². The third kappa shape index (κ3) is 4.68. The van der Waals surface area contributed by atoms with Gasteiger partial charge in [0, 0.05) is 17.7 Å². The fourth-order valence-corrected chi connectivity index (χ4v) is 4.02. The number of furan rings is 1. The number of para-hydroxylation sites is 1. The van der Waals surface area contributed by atoms with Crippen LogP contribution < -0.4 is 4.74 Å². The summed E-state index contributed by atoms with van der Waals surface area (Å²) in [6.07, 6.45) is 1.47. The number of carbonyl (C=O) groups excluding carboxylic acids is 2. The first kappa shape index (κ1) is 21.7. The molecule has 8 nitrogen and oxygen atoms in total. The highest BCUT2D eigenvalue weighted by Gasteiger charge is 2.35. The Morgan fingerprint density at radius 2 is 1.91 bits per heavy atom. The van der Waals surface area contributed by atoms with Crippen LogP contribution in [0.3, 0.4) is 0 Å². The average molecular weight is 471 g/mol. The molecule has 3 aromatic rings. The Balaban J connectivity index is 1.45. The molecule has 0 atom stereocenters. The molecule has 1 aliphatic rings. The number of nitrogens with zero attached hydrogens (tertiary/aromatic N) is 2. The molecule has 0 bridgehead atoms. The van der Waals surface area contributed by atoms with Gasteiger partial charge in [-0.05, 0) is 48.2 Å². The molecule has 2 aromatic carbocycles. The van der Waals surface area contributed by atoms with Gasteiger partial charge in [-0.2, -0.15) is 0 Å². The van der Waals surface area contributed by atoms with Crippen molar-refractivity contribution < 1.29 is 23.7 Å². The van der Waals surface area contributed by atoms with E-state index in [9.17, 15) is 19.7 Å². The van der Waals surface area contributed by atoms with Gasteiger partial charge in [0.05, 0.1) is 16.4 Å². The van der Waals surface area contributed by atoms with Gasteiger partial charge >= 0.3 is 0 Å². The molecule has 0 N–H and O–H groups in total. The van der Waals surface area contributed by atoms with Gasteiger partial charge in [-0.1, -0.05) is 29.8 Å². The van der Waals surface area contributed by atoms with Crippen LogP contribution in [0, 0.1) is 10.1 Å². The number of rotatable bonds is 7. The van der Waals surface area contributed by atoms with Crippen LogP contribution in [0.4, 0.5) is 10.5 Å². The van der Waals surface area contributed by atoms with Crippen molar-refractivity contribution in [1.82, 2.24) is 4.90 Å². The highest BCUT2D eigenvalue weighted by atomic mass is 35.5. The standard InChI is InChI=1S/C22H15ClN2O6S/c23-17-8-6-14(12-18(17)25(28)29)19-9-7-16(31-19)13-20-21(26)24(22(27)32-20)10-11-30-15-4-2-1-3-5-15/h1-9,12-13H,10-11H2/b20-13-. The van der Waals surface area contributed by atoms with E-state index in [-0.39, 0.29) is 28.8 Å². The van der Waals surface area contributed by atoms with Gasteiger partial charge in [-0.15, -0.1) is 0 Å². The van der Waals surface area contributed by atoms with E-state index in [0.29, 0.717) is 22.8 Å². The third-order valence-electron chi connectivity index (χ3n) is 4.53. The van der Waals surface area contributed by atoms with Crippen molar-refractivity contribution >= 4 is 46.3 Å². The van der Waals surface area contributed by atoms with Gasteiger partial charge in [0.1, 0.15) is 28.9 Å². The second kappa shape index (κ2) is 9.29. The summed E-state index contributed by atoms with van der Waals surface area (Å²) >= 11 is 6.66. The molecule has 2 amide bonds. The molecule has 32 heavy (non-hydrogen) atoms. The van der Waals surface area contributed by atoms with Crippen molar-refractivity contribution in [3.63, 3.8) is 0 Å². The van der Waals surface area contributed by atoms with Crippen LogP contribution in [0.2, 0.25) is 5.02 Å². The molecule has 1 fully saturated rings. The maximum atomic E-state index is 12.6. The molecular weight excluding hydrogens is 456 g/mol. The molecule has 0 unspecified atom stereocenters. The van der Waals surface area contributed by atoms with E-state index in [2.05, 4.69) is 0 Å². The zero-order valence-electron chi connectivity index (χ0n) is 16.4. The third-order valence-corrected chi connectivity index (χ3v) is 5.75. The quantitative estimate of drug-likeness (QED) is 0.250. The summed E-state index contributed by atoms with van der Waals surface area (Å²) in [5.74, 6) is 0.924. The SMILES string of the molecule is O=C1S/C(=C\c2ccc(-c3ccc(Cl)c([N+](=O)[O-])c3)o2)C(=O)N1CCOc1ccccc1. The molecular formula is C22H15ClN2O6S. The maximum Gasteiger partial charge on any atom is 0.293 e. The first-order valence-electron chi connectivity index (χ1n) is 9.40. The summed E-state index contributed by atoms with van der Waals surface area (Å²) in [7, 11) is 0. The van der Waals surface area contributed by atoms with Gasteiger partial charge < -0.3 is 9.15 Å². The number of hydrogen-bond donors (Lipinski definition) is 0. The highest BCUT2D eigenvalue weighted by molar-refractivity contribution is 8.18. The Morgan fingerprint density at radius 3 is 2.66 bits per heavy atom. The van der Waals surface area contributed by atoms with E-state index in [0.717, 1.165) is 16.7 Å². The van der Waals surface area contributed by atoms with Crippen molar-refractivity contribution in [2.75, 3.05) is 13.2 Å². The van der Waals surface area contributed by atoms with Crippen LogP contribution >= 0.6 is 23.4 Å². The summed E-state index contributed by atoms with van der Waals surface area (Å²) in [5, 5.41) is 10.7. The van der Waals surface area contributed by atoms with Crippen molar-refractivity contribution in [2.45, 2.75) is 0 Å². The molecule has 10 heteroatoms. The van der Waals surface area contributed by atoms with Crippen molar-refractivity contribution in [3.05, 3.63) is 86.5 Å². The Hall–Kier alpha value is -3.56. The molecule has 0 saturated carbocycles. The van der Waals surface area contributed by atoms with Gasteiger partial charge in [0.15, 0.2) is 0 Å². The molecule has 162 valence electrons. The molecule has 2 heterocycles. The molecule has 1 saturated heterocycles. The predicted molar refractivity (Wildman–Crippen MR) is 120 cm³/mol. The van der Waals surface area contributed by atoms with E-state index < -0.39 is 16.1 Å². The normalized spacial score (nSPS) is 14.9. The van der Waals surface area contributed by atoms with Crippen LogP contribution in [0.15, 0.2) is 70.0 Å². The van der Waals surface area contributed by atoms with Crippen LogP contribution in [-0.4, -0.2) is 34.1 Å². The summed E-state index contributed by atoms with van der Waals surface area (Å²) in [6.45, 7) is 0.296. The topological polar surface area (TPSA) is 103 Å². The van der Waals surface area contributed by atoms with E-state index >= 15 is 0 Å². The lowest BCUT2D eigenvalue weighted by Gasteiger charge is -2.13. The number of benzene rings is 2. The first-order chi connectivity index (χ1) is 15.4. The lowest BCUT2D eigenvalue weighted by atomic mass is 10.1. The summed E-state index contributed by atoms with van der Waals surface area (Å²) in [5.41, 5.74) is 0.230. The van der Waals surface area contributed by atoms with Crippen LogP contribution in [0.25, 0.3) is 17.4 Å². The fraction of sp³-hybridized carbons (Fsp3) is 0.0909. The molecule has 0 radical (unpaired) electrons. The number of amides is 2. The number of nitro groups is 1. The number of thioether (sulfide) groups is 1. The van der Waals surface area contributed by atoms with Gasteiger partial charge in [0.2, 0.25) is 0 Å². The molecule has 1 aliphatic heterocycles. The predicted octanol–water partition coefficient (Wildman–Crippen LogP) is 5.62. The first-order valence-corrected chi connectivity index (χ1v) is 10.6. The van der Waals surface area contributed by atoms with Gasteiger partial charge in [-0.25, -0.2) is 0 Å². The largest absolute Gasteiger partial charge is 0.492 e. The minimum atomic E-state index is -0.576. The Bertz CT molecular complexity index is 1220. The van der Waals surface area contributed by atoms with Gasteiger partial charge in [0.25, 0.3) is 16.8 Å². The summed E-state index contributed by atoms with van der Waals surface area (Å²) < 4.78 is 11.3. The second-order valence-corrected chi connectivity index (χ2v) is 8.02. The summed E-state index contributed by atoms with van der Waals surface area (Å²) in [6, 6.07) is 16.7.